The van der Waals surface area contributed by atoms with Crippen molar-refractivity contribution in [2.75, 3.05) is 26.4 Å². The van der Waals surface area contributed by atoms with Gasteiger partial charge in [-0.3, -0.25) is 23.4 Å². The number of phosphoric ester groups is 1. The van der Waals surface area contributed by atoms with Gasteiger partial charge in [0.15, 0.2) is 6.10 Å². The predicted molar refractivity (Wildman–Crippen MR) is 334 cm³/mol. The number of aliphatic hydroxyl groups is 1. The molecular weight excluding hydrogens is 1020 g/mol. The molecule has 0 aliphatic rings. The Kier molecular flexibility index (Phi) is 57.4. The Morgan fingerprint density at radius 3 is 1.07 bits per heavy atom. The predicted octanol–water partition coefficient (Wildman–Crippen LogP) is 18.9. The van der Waals surface area contributed by atoms with Gasteiger partial charge < -0.3 is 24.2 Å². The molecule has 3 atom stereocenters. The lowest BCUT2D eigenvalue weighted by Crippen LogP contribution is -2.30. The van der Waals surface area contributed by atoms with Crippen LogP contribution in [-0.4, -0.2) is 66.5 Å². The number of hydrogen-bond donors (Lipinski definition) is 2. The van der Waals surface area contributed by atoms with Gasteiger partial charge in [0.2, 0.25) is 0 Å². The standard InChI is InChI=1S/C68H111O11P/c1-4-7-10-13-16-19-22-25-28-30-32-34-37-39-42-45-48-51-54-57-66(70)75-61-65(79-68(72)59-56-53-50-47-44-41-38-35-33-31-29-26-23-20-17-14-11-8-5-2)63-77-80(73,74)76-62-64(60-69)78-67(71)58-55-52-49-46-43-40-36-27-24-21-18-15-12-9-6-3/h8-9,11-12,17-18,20-21,26-27,29,33,35-36,41,43-44,46,50,52-53,55,64-65,69H,4-7,10,13-16,19,22-25,28,30-32,34,37-40,42,45,47-49,51,54,56-63H2,1-3H3,(H,73,74)/b11-8-,12-9-,20-17-,21-18-,29-26-,35-33-,36-27-,44-41-,46-43-,53-50-,55-52-. The molecular formula is C68H111O11P. The van der Waals surface area contributed by atoms with E-state index in [-0.39, 0.29) is 25.9 Å². The zero-order chi connectivity index (χ0) is 58.3. The Labute approximate surface area is 487 Å². The molecule has 0 saturated heterocycles. The summed E-state index contributed by atoms with van der Waals surface area (Å²) in [5.41, 5.74) is 0. The van der Waals surface area contributed by atoms with Crippen LogP contribution in [0.4, 0.5) is 0 Å². The van der Waals surface area contributed by atoms with E-state index in [1.807, 2.05) is 30.4 Å². The van der Waals surface area contributed by atoms with Gasteiger partial charge in [-0.15, -0.1) is 0 Å². The maximum absolute atomic E-state index is 12.9. The largest absolute Gasteiger partial charge is 0.472 e. The summed E-state index contributed by atoms with van der Waals surface area (Å²) in [6.07, 6.45) is 77.4. The van der Waals surface area contributed by atoms with Gasteiger partial charge in [-0.1, -0.05) is 270 Å². The first-order valence-corrected chi connectivity index (χ1v) is 32.6. The molecule has 11 nitrogen and oxygen atoms in total. The topological polar surface area (TPSA) is 155 Å². The lowest BCUT2D eigenvalue weighted by atomic mass is 10.0. The molecule has 0 aromatic heterocycles. The fourth-order valence-corrected chi connectivity index (χ4v) is 8.77. The van der Waals surface area contributed by atoms with Crippen LogP contribution >= 0.6 is 7.82 Å². The zero-order valence-electron chi connectivity index (χ0n) is 50.2. The molecule has 0 aromatic carbocycles. The fourth-order valence-electron chi connectivity index (χ4n) is 7.99. The molecule has 0 aliphatic carbocycles. The highest BCUT2D eigenvalue weighted by molar-refractivity contribution is 7.47. The Hall–Kier alpha value is -4.38. The van der Waals surface area contributed by atoms with E-state index in [2.05, 4.69) is 118 Å². The van der Waals surface area contributed by atoms with Crippen molar-refractivity contribution in [1.82, 2.24) is 0 Å². The molecule has 0 rings (SSSR count). The lowest BCUT2D eigenvalue weighted by Gasteiger charge is -2.21. The molecule has 80 heavy (non-hydrogen) atoms. The number of carbonyl (C=O) groups is 3. The van der Waals surface area contributed by atoms with Gasteiger partial charge in [0.1, 0.15) is 12.7 Å². The molecule has 2 N–H and O–H groups in total. The van der Waals surface area contributed by atoms with Gasteiger partial charge in [0.25, 0.3) is 0 Å². The van der Waals surface area contributed by atoms with Crippen LogP contribution in [0.5, 0.6) is 0 Å². The molecule has 0 heterocycles. The third-order valence-electron chi connectivity index (χ3n) is 12.6. The van der Waals surface area contributed by atoms with E-state index in [1.54, 1.807) is 6.08 Å². The van der Waals surface area contributed by atoms with Crippen molar-refractivity contribution in [3.8, 4) is 0 Å². The van der Waals surface area contributed by atoms with Crippen molar-refractivity contribution in [1.29, 1.82) is 0 Å². The fraction of sp³-hybridized carbons (Fsp3) is 0.632. The second kappa shape index (κ2) is 60.7. The Balaban J connectivity index is 4.89. The first kappa shape index (κ1) is 75.6. The summed E-state index contributed by atoms with van der Waals surface area (Å²) in [5, 5.41) is 9.81. The van der Waals surface area contributed by atoms with Crippen LogP contribution in [0.25, 0.3) is 0 Å². The number of esters is 3. The van der Waals surface area contributed by atoms with Crippen LogP contribution in [0.3, 0.4) is 0 Å². The van der Waals surface area contributed by atoms with Crippen molar-refractivity contribution in [2.24, 2.45) is 0 Å². The van der Waals surface area contributed by atoms with E-state index in [1.165, 1.54) is 96.3 Å². The number of aliphatic hydroxyl groups excluding tert-OH is 1. The molecule has 0 bridgehead atoms. The van der Waals surface area contributed by atoms with Crippen molar-refractivity contribution in [3.05, 3.63) is 134 Å². The normalized spacial score (nSPS) is 14.2. The van der Waals surface area contributed by atoms with Gasteiger partial charge in [0, 0.05) is 12.8 Å². The zero-order valence-corrected chi connectivity index (χ0v) is 51.1. The van der Waals surface area contributed by atoms with E-state index in [0.717, 1.165) is 77.0 Å². The Morgan fingerprint density at radius 1 is 0.375 bits per heavy atom. The summed E-state index contributed by atoms with van der Waals surface area (Å²) in [5.74, 6) is -1.71. The Morgan fingerprint density at radius 2 is 0.700 bits per heavy atom. The average molecular weight is 1140 g/mol. The average Bonchev–Trinajstić information content (AvgIpc) is 3.45. The van der Waals surface area contributed by atoms with E-state index in [9.17, 15) is 28.9 Å². The van der Waals surface area contributed by atoms with Crippen molar-refractivity contribution < 1.29 is 52.2 Å². The van der Waals surface area contributed by atoms with Crippen molar-refractivity contribution >= 4 is 25.7 Å². The van der Waals surface area contributed by atoms with Crippen molar-refractivity contribution in [2.45, 2.75) is 251 Å². The Bertz CT molecular complexity index is 1850. The highest BCUT2D eigenvalue weighted by atomic mass is 31.2. The smallest absolute Gasteiger partial charge is 0.462 e. The van der Waals surface area contributed by atoms with Gasteiger partial charge in [-0.25, -0.2) is 4.57 Å². The quantitative estimate of drug-likeness (QED) is 0.0197. The highest BCUT2D eigenvalue weighted by Gasteiger charge is 2.28. The first-order valence-electron chi connectivity index (χ1n) is 31.1. The van der Waals surface area contributed by atoms with Crippen LogP contribution < -0.4 is 0 Å². The molecule has 0 spiro atoms. The summed E-state index contributed by atoms with van der Waals surface area (Å²) >= 11 is 0. The van der Waals surface area contributed by atoms with E-state index in [4.69, 9.17) is 23.3 Å². The molecule has 0 aliphatic heterocycles. The first-order chi connectivity index (χ1) is 39.2. The summed E-state index contributed by atoms with van der Waals surface area (Å²) in [7, 11) is -4.80. The van der Waals surface area contributed by atoms with Crippen molar-refractivity contribution in [3.63, 3.8) is 0 Å². The second-order valence-corrected chi connectivity index (χ2v) is 21.6. The van der Waals surface area contributed by atoms with E-state index in [0.29, 0.717) is 25.7 Å². The highest BCUT2D eigenvalue weighted by Crippen LogP contribution is 2.43. The number of hydrogen-bond acceptors (Lipinski definition) is 10. The summed E-state index contributed by atoms with van der Waals surface area (Å²) in [6, 6.07) is 0. The van der Waals surface area contributed by atoms with Gasteiger partial charge in [0.05, 0.1) is 26.2 Å². The molecule has 12 heteroatoms. The lowest BCUT2D eigenvalue weighted by molar-refractivity contribution is -0.161. The molecule has 3 unspecified atom stereocenters. The van der Waals surface area contributed by atoms with Crippen LogP contribution in [0.2, 0.25) is 0 Å². The van der Waals surface area contributed by atoms with E-state index < -0.39 is 57.8 Å². The monoisotopic (exact) mass is 1130 g/mol. The SMILES string of the molecule is CC/C=C\C/C=C\C/C=C\C/C=C\C/C=C\C/C=C\CCC(=O)OC(COC(=O)CCCCCCCCCCCCCCCCCCCCC)COP(=O)(O)OCC(CO)OC(=O)C/C=C\C/C=C\C/C=C\C/C=C\C/C=C\CC. The van der Waals surface area contributed by atoms with Crippen LogP contribution in [0, 0.1) is 0 Å². The number of allylic oxidation sites excluding steroid dienone is 21. The molecule has 454 valence electrons. The molecule has 0 radical (unpaired) electrons. The molecule has 0 amide bonds. The number of rotatable bonds is 56. The van der Waals surface area contributed by atoms with Gasteiger partial charge >= 0.3 is 25.7 Å². The number of carbonyl (C=O) groups excluding carboxylic acids is 3. The summed E-state index contributed by atoms with van der Waals surface area (Å²) in [6.45, 7) is 4.23. The summed E-state index contributed by atoms with van der Waals surface area (Å²) in [4.78, 5) is 48.6. The minimum atomic E-state index is -4.80. The molecule has 0 aromatic rings. The minimum absolute atomic E-state index is 0.0302. The number of ether oxygens (including phenoxy) is 3. The number of phosphoric acid groups is 1. The van der Waals surface area contributed by atoms with Gasteiger partial charge in [-0.2, -0.15) is 0 Å². The third-order valence-corrected chi connectivity index (χ3v) is 13.6. The maximum atomic E-state index is 12.9. The van der Waals surface area contributed by atoms with E-state index >= 15 is 0 Å². The summed E-state index contributed by atoms with van der Waals surface area (Å²) < 4.78 is 39.4. The second-order valence-electron chi connectivity index (χ2n) is 20.1. The van der Waals surface area contributed by atoms with Crippen LogP contribution in [-0.2, 0) is 42.2 Å². The van der Waals surface area contributed by atoms with Gasteiger partial charge in [-0.05, 0) is 83.5 Å². The minimum Gasteiger partial charge on any atom is -0.462 e. The molecule has 0 saturated carbocycles. The third kappa shape index (κ3) is 58.3. The van der Waals surface area contributed by atoms with Crippen LogP contribution in [0.15, 0.2) is 134 Å². The van der Waals surface area contributed by atoms with Crippen LogP contribution in [0.1, 0.15) is 239 Å². The molecule has 0 fully saturated rings. The maximum Gasteiger partial charge on any atom is 0.472 e. The number of unbranched alkanes of at least 4 members (excludes halogenated alkanes) is 18.